The van der Waals surface area contributed by atoms with Crippen molar-refractivity contribution >= 4 is 0 Å². The molecule has 0 amide bonds. The van der Waals surface area contributed by atoms with Crippen LogP contribution in [0.25, 0.3) is 0 Å². The Balaban J connectivity index is 2.05. The van der Waals surface area contributed by atoms with Crippen molar-refractivity contribution in [1.29, 1.82) is 0 Å². The molecule has 1 rings (SSSR count). The largest absolute Gasteiger partial charge is 0.368 e. The lowest BCUT2D eigenvalue weighted by atomic mass is 9.86. The van der Waals surface area contributed by atoms with Crippen molar-refractivity contribution in [2.75, 3.05) is 7.11 Å². The van der Waals surface area contributed by atoms with Crippen LogP contribution in [0.15, 0.2) is 0 Å². The second-order valence-electron chi connectivity index (χ2n) is 3.77. The molecule has 1 saturated carbocycles. The summed E-state index contributed by atoms with van der Waals surface area (Å²) in [5.74, 6) is 0.851. The third-order valence-electron chi connectivity index (χ3n) is 2.82. The van der Waals surface area contributed by atoms with Gasteiger partial charge in [0.15, 0.2) is 6.29 Å². The molecule has 0 spiro atoms. The number of hydrogen-bond acceptors (Lipinski definition) is 2. The average Bonchev–Trinajstić information content (AvgIpc) is 2.16. The number of methoxy groups -OCH3 is 1. The van der Waals surface area contributed by atoms with E-state index in [0.717, 1.165) is 18.8 Å². The topological polar surface area (TPSA) is 29.5 Å². The SMILES string of the molecule is COC(O)CCC1CCCCC1. The van der Waals surface area contributed by atoms with Crippen molar-refractivity contribution in [2.45, 2.75) is 51.2 Å². The molecule has 0 aliphatic heterocycles. The van der Waals surface area contributed by atoms with Crippen LogP contribution in [-0.2, 0) is 4.74 Å². The van der Waals surface area contributed by atoms with E-state index in [-0.39, 0.29) is 0 Å². The molecule has 1 N–H and O–H groups in total. The zero-order valence-corrected chi connectivity index (χ0v) is 7.96. The predicted octanol–water partition coefficient (Wildman–Crippen LogP) is 2.31. The lowest BCUT2D eigenvalue weighted by molar-refractivity contribution is -0.0817. The van der Waals surface area contributed by atoms with Crippen molar-refractivity contribution in [2.24, 2.45) is 5.92 Å². The Morgan fingerprint density at radius 1 is 1.33 bits per heavy atom. The molecule has 0 aromatic heterocycles. The van der Waals surface area contributed by atoms with Gasteiger partial charge < -0.3 is 9.84 Å². The molecule has 0 aromatic rings. The molecule has 1 aliphatic carbocycles. The Bertz CT molecular complexity index is 108. The van der Waals surface area contributed by atoms with Gasteiger partial charge in [-0.25, -0.2) is 0 Å². The Labute approximate surface area is 74.9 Å². The molecule has 2 nitrogen and oxygen atoms in total. The maximum atomic E-state index is 9.17. The number of aliphatic hydroxyl groups is 1. The Morgan fingerprint density at radius 3 is 2.58 bits per heavy atom. The molecule has 0 heterocycles. The lowest BCUT2D eigenvalue weighted by Crippen LogP contribution is -2.13. The van der Waals surface area contributed by atoms with Crippen LogP contribution in [0.2, 0.25) is 0 Å². The molecule has 0 saturated heterocycles. The van der Waals surface area contributed by atoms with Gasteiger partial charge in [0.1, 0.15) is 0 Å². The third-order valence-corrected chi connectivity index (χ3v) is 2.82. The van der Waals surface area contributed by atoms with Crippen molar-refractivity contribution in [1.82, 2.24) is 0 Å². The molecule has 72 valence electrons. The minimum atomic E-state index is -0.535. The summed E-state index contributed by atoms with van der Waals surface area (Å²) in [4.78, 5) is 0. The fraction of sp³-hybridized carbons (Fsp3) is 1.00. The number of ether oxygens (including phenoxy) is 1. The van der Waals surface area contributed by atoms with Crippen LogP contribution < -0.4 is 0 Å². The molecule has 2 heteroatoms. The molecule has 1 unspecified atom stereocenters. The summed E-state index contributed by atoms with van der Waals surface area (Å²) in [5.41, 5.74) is 0. The minimum absolute atomic E-state index is 0.535. The van der Waals surface area contributed by atoms with Crippen LogP contribution in [0, 0.1) is 5.92 Å². The second kappa shape index (κ2) is 5.55. The van der Waals surface area contributed by atoms with Crippen LogP contribution in [0.4, 0.5) is 0 Å². The van der Waals surface area contributed by atoms with Crippen LogP contribution >= 0.6 is 0 Å². The van der Waals surface area contributed by atoms with Gasteiger partial charge in [-0.1, -0.05) is 32.1 Å². The summed E-state index contributed by atoms with van der Waals surface area (Å²) in [6.45, 7) is 0. The van der Waals surface area contributed by atoms with Gasteiger partial charge in [-0.05, 0) is 18.8 Å². The smallest absolute Gasteiger partial charge is 0.154 e. The van der Waals surface area contributed by atoms with Crippen LogP contribution in [0.5, 0.6) is 0 Å². The maximum absolute atomic E-state index is 9.17. The van der Waals surface area contributed by atoms with E-state index in [2.05, 4.69) is 0 Å². The van der Waals surface area contributed by atoms with Gasteiger partial charge in [-0.3, -0.25) is 0 Å². The van der Waals surface area contributed by atoms with Crippen LogP contribution in [-0.4, -0.2) is 18.5 Å². The molecular formula is C10H20O2. The van der Waals surface area contributed by atoms with Gasteiger partial charge in [0, 0.05) is 7.11 Å². The summed E-state index contributed by atoms with van der Waals surface area (Å²) in [6, 6.07) is 0. The van der Waals surface area contributed by atoms with E-state index in [9.17, 15) is 0 Å². The van der Waals surface area contributed by atoms with Crippen LogP contribution in [0.1, 0.15) is 44.9 Å². The van der Waals surface area contributed by atoms with Crippen molar-refractivity contribution in [3.8, 4) is 0 Å². The molecule has 1 fully saturated rings. The highest BCUT2D eigenvalue weighted by atomic mass is 16.6. The van der Waals surface area contributed by atoms with E-state index >= 15 is 0 Å². The lowest BCUT2D eigenvalue weighted by Gasteiger charge is -2.22. The van der Waals surface area contributed by atoms with E-state index in [1.807, 2.05) is 0 Å². The summed E-state index contributed by atoms with van der Waals surface area (Å²) in [5, 5.41) is 9.17. The van der Waals surface area contributed by atoms with E-state index < -0.39 is 6.29 Å². The maximum Gasteiger partial charge on any atom is 0.154 e. The fourth-order valence-corrected chi connectivity index (χ4v) is 1.97. The van der Waals surface area contributed by atoms with Gasteiger partial charge in [0.05, 0.1) is 0 Å². The third kappa shape index (κ3) is 3.55. The number of hydrogen-bond donors (Lipinski definition) is 1. The van der Waals surface area contributed by atoms with E-state index in [4.69, 9.17) is 9.84 Å². The van der Waals surface area contributed by atoms with Crippen molar-refractivity contribution in [3.05, 3.63) is 0 Å². The summed E-state index contributed by atoms with van der Waals surface area (Å²) in [6.07, 6.45) is 8.29. The fourth-order valence-electron chi connectivity index (χ4n) is 1.97. The van der Waals surface area contributed by atoms with Gasteiger partial charge >= 0.3 is 0 Å². The first-order valence-electron chi connectivity index (χ1n) is 5.04. The first-order valence-corrected chi connectivity index (χ1v) is 5.04. The molecule has 0 bridgehead atoms. The monoisotopic (exact) mass is 172 g/mol. The first kappa shape index (κ1) is 10.0. The summed E-state index contributed by atoms with van der Waals surface area (Å²) in [7, 11) is 1.56. The van der Waals surface area contributed by atoms with Crippen molar-refractivity contribution < 1.29 is 9.84 Å². The first-order chi connectivity index (χ1) is 5.83. The highest BCUT2D eigenvalue weighted by Crippen LogP contribution is 2.27. The second-order valence-corrected chi connectivity index (χ2v) is 3.77. The molecule has 1 atom stereocenters. The summed E-state index contributed by atoms with van der Waals surface area (Å²) >= 11 is 0. The van der Waals surface area contributed by atoms with Gasteiger partial charge in [-0.15, -0.1) is 0 Å². The molecule has 0 radical (unpaired) electrons. The quantitative estimate of drug-likeness (QED) is 0.659. The number of aliphatic hydroxyl groups excluding tert-OH is 1. The highest BCUT2D eigenvalue weighted by molar-refractivity contribution is 4.65. The molecule has 0 aromatic carbocycles. The van der Waals surface area contributed by atoms with E-state index in [0.29, 0.717) is 0 Å². The Morgan fingerprint density at radius 2 is 2.00 bits per heavy atom. The Hall–Kier alpha value is -0.0800. The van der Waals surface area contributed by atoms with Crippen molar-refractivity contribution in [3.63, 3.8) is 0 Å². The van der Waals surface area contributed by atoms with Gasteiger partial charge in [0.25, 0.3) is 0 Å². The van der Waals surface area contributed by atoms with E-state index in [1.165, 1.54) is 32.1 Å². The minimum Gasteiger partial charge on any atom is -0.368 e. The van der Waals surface area contributed by atoms with E-state index in [1.54, 1.807) is 7.11 Å². The Kier molecular flexibility index (Phi) is 4.62. The normalized spacial score (nSPS) is 22.5. The van der Waals surface area contributed by atoms with Crippen LogP contribution in [0.3, 0.4) is 0 Å². The zero-order valence-electron chi connectivity index (χ0n) is 7.96. The number of rotatable bonds is 4. The predicted molar refractivity (Wildman–Crippen MR) is 48.8 cm³/mol. The average molecular weight is 172 g/mol. The van der Waals surface area contributed by atoms with Gasteiger partial charge in [-0.2, -0.15) is 0 Å². The molecule has 12 heavy (non-hydrogen) atoms. The standard InChI is InChI=1S/C10H20O2/c1-12-10(11)8-7-9-5-3-2-4-6-9/h9-11H,2-8H2,1H3. The van der Waals surface area contributed by atoms with Gasteiger partial charge in [0.2, 0.25) is 0 Å². The zero-order chi connectivity index (χ0) is 8.81. The molecule has 1 aliphatic rings. The highest BCUT2D eigenvalue weighted by Gasteiger charge is 2.14. The molecular weight excluding hydrogens is 152 g/mol. The summed E-state index contributed by atoms with van der Waals surface area (Å²) < 4.78 is 4.80.